The van der Waals surface area contributed by atoms with Crippen LogP contribution in [0.15, 0.2) is 71.6 Å². The zero-order valence-corrected chi connectivity index (χ0v) is 23.1. The van der Waals surface area contributed by atoms with E-state index in [4.69, 9.17) is 4.74 Å². The van der Waals surface area contributed by atoms with Crippen LogP contribution in [0.3, 0.4) is 0 Å². The number of carbonyl (C=O) groups is 1. The van der Waals surface area contributed by atoms with Crippen LogP contribution in [-0.2, 0) is 14.8 Å². The number of fused-ring (bicyclic) bond motifs is 1. The van der Waals surface area contributed by atoms with Gasteiger partial charge in [-0.25, -0.2) is 8.42 Å². The molecule has 7 heteroatoms. The van der Waals surface area contributed by atoms with E-state index in [2.05, 4.69) is 19.2 Å². The molecule has 3 aromatic rings. The van der Waals surface area contributed by atoms with Crippen LogP contribution < -0.4 is 14.4 Å². The highest BCUT2D eigenvalue weighted by molar-refractivity contribution is 7.92. The molecule has 0 fully saturated rings. The van der Waals surface area contributed by atoms with Crippen LogP contribution in [0.1, 0.15) is 61.4 Å². The van der Waals surface area contributed by atoms with Gasteiger partial charge in [-0.05, 0) is 75.1 Å². The van der Waals surface area contributed by atoms with Crippen molar-refractivity contribution < 1.29 is 17.9 Å². The van der Waals surface area contributed by atoms with Gasteiger partial charge in [0, 0.05) is 12.0 Å². The minimum absolute atomic E-state index is 0.150. The Labute approximate surface area is 220 Å². The third kappa shape index (κ3) is 5.52. The fourth-order valence-electron chi connectivity index (χ4n) is 4.83. The molecule has 0 unspecified atom stereocenters. The van der Waals surface area contributed by atoms with Crippen molar-refractivity contribution in [1.82, 2.24) is 5.32 Å². The van der Waals surface area contributed by atoms with Gasteiger partial charge in [-0.15, -0.1) is 0 Å². The third-order valence-electron chi connectivity index (χ3n) is 7.50. The lowest BCUT2D eigenvalue weighted by Crippen LogP contribution is -2.47. The van der Waals surface area contributed by atoms with Gasteiger partial charge in [0.05, 0.1) is 16.6 Å². The minimum atomic E-state index is -3.98. The lowest BCUT2D eigenvalue weighted by atomic mass is 9.83. The molecule has 1 N–H and O–H groups in total. The number of para-hydroxylation sites is 1. The van der Waals surface area contributed by atoms with E-state index in [0.29, 0.717) is 12.1 Å². The quantitative estimate of drug-likeness (QED) is 0.395. The van der Waals surface area contributed by atoms with Crippen LogP contribution in [0.5, 0.6) is 5.75 Å². The van der Waals surface area contributed by atoms with E-state index >= 15 is 0 Å². The molecule has 1 aliphatic rings. The number of sulfonamides is 1. The third-order valence-corrected chi connectivity index (χ3v) is 9.28. The molecule has 0 spiro atoms. The van der Waals surface area contributed by atoms with Gasteiger partial charge in [-0.3, -0.25) is 9.10 Å². The maximum atomic E-state index is 13.8. The lowest BCUT2D eigenvalue weighted by molar-refractivity contribution is -0.121. The summed E-state index contributed by atoms with van der Waals surface area (Å²) in [6.07, 6.45) is 2.23. The maximum absolute atomic E-state index is 13.8. The van der Waals surface area contributed by atoms with Crippen molar-refractivity contribution in [3.8, 4) is 5.75 Å². The van der Waals surface area contributed by atoms with E-state index < -0.39 is 10.0 Å². The molecule has 0 saturated heterocycles. The molecule has 0 aromatic heterocycles. The first-order valence-corrected chi connectivity index (χ1v) is 14.3. The van der Waals surface area contributed by atoms with Crippen LogP contribution in [0, 0.1) is 20.8 Å². The number of rotatable bonds is 8. The first kappa shape index (κ1) is 26.7. The Morgan fingerprint density at radius 3 is 2.30 bits per heavy atom. The minimum Gasteiger partial charge on any atom is -0.487 e. The number of benzene rings is 3. The van der Waals surface area contributed by atoms with E-state index in [0.717, 1.165) is 40.8 Å². The number of carbonyl (C=O) groups excluding carboxylic acids is 1. The van der Waals surface area contributed by atoms with E-state index in [1.54, 1.807) is 30.3 Å². The van der Waals surface area contributed by atoms with Crippen molar-refractivity contribution in [2.45, 2.75) is 70.4 Å². The highest BCUT2D eigenvalue weighted by Gasteiger charge is 2.39. The Morgan fingerprint density at radius 2 is 1.65 bits per heavy atom. The molecule has 1 heterocycles. The second kappa shape index (κ2) is 10.6. The summed E-state index contributed by atoms with van der Waals surface area (Å²) >= 11 is 0. The van der Waals surface area contributed by atoms with Gasteiger partial charge in [0.1, 0.15) is 17.9 Å². The van der Waals surface area contributed by atoms with E-state index in [-0.39, 0.29) is 29.0 Å². The molecular weight excluding hydrogens is 484 g/mol. The summed E-state index contributed by atoms with van der Waals surface area (Å²) in [5, 5.41) is 3.13. The predicted molar refractivity (Wildman–Crippen MR) is 148 cm³/mol. The van der Waals surface area contributed by atoms with Gasteiger partial charge in [-0.2, -0.15) is 0 Å². The Kier molecular flexibility index (Phi) is 7.64. The predicted octanol–water partition coefficient (Wildman–Crippen LogP) is 6.01. The zero-order chi connectivity index (χ0) is 26.8. The van der Waals surface area contributed by atoms with E-state index in [1.807, 2.05) is 57.2 Å². The van der Waals surface area contributed by atoms with Crippen LogP contribution in [-0.4, -0.2) is 26.5 Å². The largest absolute Gasteiger partial charge is 0.487 e. The van der Waals surface area contributed by atoms with Crippen LogP contribution >= 0.6 is 0 Å². The molecule has 0 saturated carbocycles. The first-order valence-electron chi connectivity index (χ1n) is 12.8. The van der Waals surface area contributed by atoms with Crippen molar-refractivity contribution in [3.05, 3.63) is 89.0 Å². The number of aryl methyl sites for hydroxylation is 3. The normalized spacial score (nSPS) is 16.4. The standard InChI is InChI=1S/C30H36N2O4S/c1-6-30(7-2)19-27(26-10-8-9-11-28(26)36-30)31-29(33)20-32(24-15-14-22(4)23(5)18-24)37(34,35)25-16-12-21(3)13-17-25/h8-18,27H,6-7,19-20H2,1-5H3,(H,31,33)/t27-/m1/s1. The monoisotopic (exact) mass is 520 g/mol. The van der Waals surface area contributed by atoms with Crippen molar-refractivity contribution in [3.63, 3.8) is 0 Å². The molecule has 196 valence electrons. The maximum Gasteiger partial charge on any atom is 0.264 e. The molecule has 1 amide bonds. The summed E-state index contributed by atoms with van der Waals surface area (Å²) in [6, 6.07) is 19.6. The summed E-state index contributed by atoms with van der Waals surface area (Å²) in [5.74, 6) is 0.401. The number of anilines is 1. The van der Waals surface area contributed by atoms with Crippen LogP contribution in [0.25, 0.3) is 0 Å². The van der Waals surface area contributed by atoms with Gasteiger partial charge in [0.2, 0.25) is 5.91 Å². The van der Waals surface area contributed by atoms with Crippen LogP contribution in [0.4, 0.5) is 5.69 Å². The van der Waals surface area contributed by atoms with Crippen molar-refractivity contribution in [2.75, 3.05) is 10.8 Å². The molecule has 1 aliphatic heterocycles. The molecule has 3 aromatic carbocycles. The number of nitrogens with one attached hydrogen (secondary N) is 1. The van der Waals surface area contributed by atoms with Gasteiger partial charge >= 0.3 is 0 Å². The Balaban J connectivity index is 1.67. The lowest BCUT2D eigenvalue weighted by Gasteiger charge is -2.41. The average Bonchev–Trinajstić information content (AvgIpc) is 2.89. The zero-order valence-electron chi connectivity index (χ0n) is 22.2. The van der Waals surface area contributed by atoms with Crippen molar-refractivity contribution in [2.24, 2.45) is 0 Å². The Bertz CT molecular complexity index is 1380. The second-order valence-corrected chi connectivity index (χ2v) is 11.8. The summed E-state index contributed by atoms with van der Waals surface area (Å²) < 4.78 is 35.2. The molecule has 4 rings (SSSR count). The number of hydrogen-bond acceptors (Lipinski definition) is 4. The number of hydrogen-bond donors (Lipinski definition) is 1. The molecule has 0 aliphatic carbocycles. The summed E-state index contributed by atoms with van der Waals surface area (Å²) in [5.41, 5.74) is 3.96. The Morgan fingerprint density at radius 1 is 0.973 bits per heavy atom. The highest BCUT2D eigenvalue weighted by Crippen LogP contribution is 2.42. The topological polar surface area (TPSA) is 75.7 Å². The van der Waals surface area contributed by atoms with Gasteiger partial charge < -0.3 is 10.1 Å². The van der Waals surface area contributed by atoms with Gasteiger partial charge in [0.25, 0.3) is 10.0 Å². The molecule has 37 heavy (non-hydrogen) atoms. The molecule has 1 atom stereocenters. The summed E-state index contributed by atoms with van der Waals surface area (Å²) in [4.78, 5) is 13.7. The molecule has 0 radical (unpaired) electrons. The summed E-state index contributed by atoms with van der Waals surface area (Å²) in [6.45, 7) is 9.66. The SMILES string of the molecule is CCC1(CC)C[C@@H](NC(=O)CN(c2ccc(C)c(C)c2)S(=O)(=O)c2ccc(C)cc2)c2ccccc2O1. The molecule has 0 bridgehead atoms. The van der Waals surface area contributed by atoms with Crippen molar-refractivity contribution in [1.29, 1.82) is 0 Å². The smallest absolute Gasteiger partial charge is 0.264 e. The van der Waals surface area contributed by atoms with Crippen molar-refractivity contribution >= 4 is 21.6 Å². The van der Waals surface area contributed by atoms with Gasteiger partial charge in [-0.1, -0.05) is 55.8 Å². The fraction of sp³-hybridized carbons (Fsp3) is 0.367. The molecular formula is C30H36N2O4S. The summed E-state index contributed by atoms with van der Waals surface area (Å²) in [7, 11) is -3.98. The molecule has 6 nitrogen and oxygen atoms in total. The number of nitrogens with zero attached hydrogens (tertiary/aromatic N) is 1. The Hall–Kier alpha value is -3.32. The van der Waals surface area contributed by atoms with Gasteiger partial charge in [0.15, 0.2) is 0 Å². The average molecular weight is 521 g/mol. The second-order valence-electron chi connectivity index (χ2n) is 9.95. The van der Waals surface area contributed by atoms with Crippen LogP contribution in [0.2, 0.25) is 0 Å². The fourth-order valence-corrected chi connectivity index (χ4v) is 6.25. The number of amides is 1. The highest BCUT2D eigenvalue weighted by atomic mass is 32.2. The van der Waals surface area contributed by atoms with E-state index in [9.17, 15) is 13.2 Å². The first-order chi connectivity index (χ1) is 17.6. The number of ether oxygens (including phenoxy) is 1. The van der Waals surface area contributed by atoms with E-state index in [1.165, 1.54) is 4.31 Å².